The largest absolute Gasteiger partial charge is 0.399 e. The Kier molecular flexibility index (Phi) is 5.20. The third kappa shape index (κ3) is 4.06. The number of hydrogen-bond acceptors (Lipinski definition) is 2. The van der Waals surface area contributed by atoms with Gasteiger partial charge in [0.15, 0.2) is 0 Å². The highest BCUT2D eigenvalue weighted by Crippen LogP contribution is 2.14. The predicted molar refractivity (Wildman–Crippen MR) is 76.6 cm³/mol. The molecule has 0 aliphatic carbocycles. The molecule has 0 heterocycles. The quantitative estimate of drug-likeness (QED) is 0.787. The molecule has 0 radical (unpaired) electrons. The average molecular weight is 248 g/mol. The molecule has 1 aromatic carbocycles. The van der Waals surface area contributed by atoms with Crippen molar-refractivity contribution < 1.29 is 4.79 Å². The highest BCUT2D eigenvalue weighted by Gasteiger charge is 2.12. The van der Waals surface area contributed by atoms with E-state index in [9.17, 15) is 4.79 Å². The normalized spacial score (nSPS) is 14.0. The Morgan fingerprint density at radius 1 is 1.39 bits per heavy atom. The fourth-order valence-corrected chi connectivity index (χ4v) is 1.95. The van der Waals surface area contributed by atoms with Gasteiger partial charge in [-0.2, -0.15) is 0 Å². The number of nitrogen functional groups attached to an aromatic ring is 1. The molecular weight excluding hydrogens is 224 g/mol. The number of rotatable bonds is 5. The van der Waals surface area contributed by atoms with Gasteiger partial charge in [0.1, 0.15) is 0 Å². The van der Waals surface area contributed by atoms with Crippen molar-refractivity contribution in [1.29, 1.82) is 0 Å². The summed E-state index contributed by atoms with van der Waals surface area (Å²) in [5.74, 6) is 0.613. The summed E-state index contributed by atoms with van der Waals surface area (Å²) in [5.41, 5.74) is 8.08. The number of aryl methyl sites for hydroxylation is 1. The van der Waals surface area contributed by atoms with E-state index in [1.807, 2.05) is 19.9 Å². The molecule has 100 valence electrons. The molecule has 0 fully saturated rings. The second-order valence-corrected chi connectivity index (χ2v) is 5.19. The molecular formula is C15H24N2O. The molecule has 1 aromatic rings. The van der Waals surface area contributed by atoms with E-state index in [1.165, 1.54) is 0 Å². The van der Waals surface area contributed by atoms with Crippen molar-refractivity contribution in [2.45, 2.75) is 46.6 Å². The smallest absolute Gasteiger partial charge is 0.251 e. The van der Waals surface area contributed by atoms with Gasteiger partial charge in [-0.3, -0.25) is 4.79 Å². The minimum atomic E-state index is -0.0195. The number of nitrogens with two attached hydrogens (primary N) is 1. The Hall–Kier alpha value is -1.51. The lowest BCUT2D eigenvalue weighted by Crippen LogP contribution is -2.33. The molecule has 2 unspecified atom stereocenters. The van der Waals surface area contributed by atoms with Crippen LogP contribution in [0, 0.1) is 12.8 Å². The monoisotopic (exact) mass is 248 g/mol. The van der Waals surface area contributed by atoms with Gasteiger partial charge in [0, 0.05) is 17.3 Å². The topological polar surface area (TPSA) is 55.1 Å². The summed E-state index contributed by atoms with van der Waals surface area (Å²) < 4.78 is 0. The number of carbonyl (C=O) groups excluding carboxylic acids is 1. The maximum absolute atomic E-state index is 12.0. The van der Waals surface area contributed by atoms with Crippen LogP contribution in [-0.2, 0) is 0 Å². The van der Waals surface area contributed by atoms with Crippen molar-refractivity contribution in [1.82, 2.24) is 5.32 Å². The van der Waals surface area contributed by atoms with Crippen molar-refractivity contribution in [2.75, 3.05) is 5.73 Å². The summed E-state index contributed by atoms with van der Waals surface area (Å²) in [6, 6.07) is 5.59. The Morgan fingerprint density at radius 3 is 2.61 bits per heavy atom. The lowest BCUT2D eigenvalue weighted by molar-refractivity contribution is 0.0935. The Balaban J connectivity index is 2.62. The maximum Gasteiger partial charge on any atom is 0.251 e. The summed E-state index contributed by atoms with van der Waals surface area (Å²) in [7, 11) is 0. The molecule has 0 spiro atoms. The lowest BCUT2D eigenvalue weighted by atomic mass is 10.00. The Labute approximate surface area is 110 Å². The summed E-state index contributed by atoms with van der Waals surface area (Å²) >= 11 is 0. The zero-order valence-electron chi connectivity index (χ0n) is 11.8. The first-order valence-electron chi connectivity index (χ1n) is 6.61. The molecule has 2 atom stereocenters. The molecule has 1 rings (SSSR count). The third-order valence-corrected chi connectivity index (χ3v) is 3.36. The summed E-state index contributed by atoms with van der Waals surface area (Å²) in [4.78, 5) is 12.0. The van der Waals surface area contributed by atoms with E-state index >= 15 is 0 Å². The van der Waals surface area contributed by atoms with Crippen LogP contribution in [0.5, 0.6) is 0 Å². The Morgan fingerprint density at radius 2 is 2.06 bits per heavy atom. The van der Waals surface area contributed by atoms with E-state index in [4.69, 9.17) is 5.73 Å². The number of amides is 1. The number of carbonyl (C=O) groups is 1. The van der Waals surface area contributed by atoms with Crippen LogP contribution >= 0.6 is 0 Å². The molecule has 0 aliphatic heterocycles. The fraction of sp³-hybridized carbons (Fsp3) is 0.533. The van der Waals surface area contributed by atoms with Crippen molar-refractivity contribution in [2.24, 2.45) is 5.92 Å². The van der Waals surface area contributed by atoms with Crippen molar-refractivity contribution >= 4 is 11.6 Å². The lowest BCUT2D eigenvalue weighted by Gasteiger charge is -2.17. The second-order valence-electron chi connectivity index (χ2n) is 5.19. The van der Waals surface area contributed by atoms with Crippen molar-refractivity contribution in [3.05, 3.63) is 29.3 Å². The first-order valence-corrected chi connectivity index (χ1v) is 6.61. The Bertz CT molecular complexity index is 415. The molecule has 0 saturated heterocycles. The van der Waals surface area contributed by atoms with E-state index in [1.54, 1.807) is 12.1 Å². The molecule has 1 amide bonds. The summed E-state index contributed by atoms with van der Waals surface area (Å²) in [6.45, 7) is 8.33. The first-order chi connectivity index (χ1) is 8.43. The zero-order chi connectivity index (χ0) is 13.7. The van der Waals surface area contributed by atoms with Crippen LogP contribution in [0.1, 0.15) is 49.5 Å². The van der Waals surface area contributed by atoms with E-state index in [0.717, 1.165) is 24.1 Å². The van der Waals surface area contributed by atoms with Gasteiger partial charge in [0.25, 0.3) is 5.91 Å². The highest BCUT2D eigenvalue weighted by atomic mass is 16.1. The van der Waals surface area contributed by atoms with E-state index in [0.29, 0.717) is 11.5 Å². The average Bonchev–Trinajstić information content (AvgIpc) is 2.32. The number of benzene rings is 1. The van der Waals surface area contributed by atoms with E-state index in [2.05, 4.69) is 19.2 Å². The van der Waals surface area contributed by atoms with Crippen LogP contribution in [0.25, 0.3) is 0 Å². The molecule has 0 aliphatic rings. The second kappa shape index (κ2) is 6.43. The summed E-state index contributed by atoms with van der Waals surface area (Å²) in [5, 5.41) is 3.03. The van der Waals surface area contributed by atoms with Gasteiger partial charge in [-0.1, -0.05) is 20.3 Å². The van der Waals surface area contributed by atoms with E-state index < -0.39 is 0 Å². The van der Waals surface area contributed by atoms with Gasteiger partial charge >= 0.3 is 0 Å². The standard InChI is InChI=1S/C15H24N2O/c1-5-10(2)8-12(4)17-15(18)13-6-7-14(16)11(3)9-13/h6-7,9-10,12H,5,8,16H2,1-4H3,(H,17,18). The van der Waals surface area contributed by atoms with E-state index in [-0.39, 0.29) is 11.9 Å². The maximum atomic E-state index is 12.0. The van der Waals surface area contributed by atoms with Gasteiger partial charge in [-0.05, 0) is 49.9 Å². The molecule has 0 saturated carbocycles. The van der Waals surface area contributed by atoms with Crippen LogP contribution in [0.4, 0.5) is 5.69 Å². The molecule has 3 N–H and O–H groups in total. The SMILES string of the molecule is CCC(C)CC(C)NC(=O)c1ccc(N)c(C)c1. The first kappa shape index (κ1) is 14.6. The van der Waals surface area contributed by atoms with Crippen molar-refractivity contribution in [3.63, 3.8) is 0 Å². The molecule has 3 heteroatoms. The molecule has 3 nitrogen and oxygen atoms in total. The zero-order valence-corrected chi connectivity index (χ0v) is 11.8. The van der Waals surface area contributed by atoms with Gasteiger partial charge in [0.2, 0.25) is 0 Å². The van der Waals surface area contributed by atoms with Gasteiger partial charge in [-0.25, -0.2) is 0 Å². The van der Waals surface area contributed by atoms with Gasteiger partial charge in [-0.15, -0.1) is 0 Å². The van der Waals surface area contributed by atoms with Crippen molar-refractivity contribution in [3.8, 4) is 0 Å². The molecule has 18 heavy (non-hydrogen) atoms. The van der Waals surface area contributed by atoms with Crippen LogP contribution in [0.15, 0.2) is 18.2 Å². The summed E-state index contributed by atoms with van der Waals surface area (Å²) in [6.07, 6.45) is 2.15. The third-order valence-electron chi connectivity index (χ3n) is 3.36. The van der Waals surface area contributed by atoms with Gasteiger partial charge < -0.3 is 11.1 Å². The predicted octanol–water partition coefficient (Wildman–Crippen LogP) is 3.13. The van der Waals surface area contributed by atoms with Gasteiger partial charge in [0.05, 0.1) is 0 Å². The van der Waals surface area contributed by atoms with Crippen LogP contribution in [0.3, 0.4) is 0 Å². The molecule has 0 aromatic heterocycles. The van der Waals surface area contributed by atoms with Crippen LogP contribution in [0.2, 0.25) is 0 Å². The number of nitrogens with one attached hydrogen (secondary N) is 1. The van der Waals surface area contributed by atoms with Crippen LogP contribution in [-0.4, -0.2) is 11.9 Å². The van der Waals surface area contributed by atoms with Crippen LogP contribution < -0.4 is 11.1 Å². The molecule has 0 bridgehead atoms. The number of anilines is 1. The fourth-order valence-electron chi connectivity index (χ4n) is 1.95. The highest BCUT2D eigenvalue weighted by molar-refractivity contribution is 5.95. The number of hydrogen-bond donors (Lipinski definition) is 2. The minimum absolute atomic E-state index is 0.0195. The minimum Gasteiger partial charge on any atom is -0.399 e.